The zero-order valence-corrected chi connectivity index (χ0v) is 23.8. The molecule has 0 spiro atoms. The number of nitrogens with one attached hydrogen (secondary N) is 1. The SMILES string of the molecule is Cc1c(-c2cc(C(F)(F)F)nc3sc(C(N)=O)c(NC(=O)c4cc5nc(-c6cccs6)cc(C(F)(F)F)n5n4)c23)cnn1C. The molecule has 0 atom stereocenters. The van der Waals surface area contributed by atoms with Crippen molar-refractivity contribution < 1.29 is 35.9 Å². The van der Waals surface area contributed by atoms with Crippen molar-refractivity contribution in [1.29, 1.82) is 0 Å². The van der Waals surface area contributed by atoms with Crippen molar-refractivity contribution in [3.63, 3.8) is 0 Å². The van der Waals surface area contributed by atoms with E-state index in [1.165, 1.54) is 22.2 Å². The van der Waals surface area contributed by atoms with E-state index >= 15 is 0 Å². The largest absolute Gasteiger partial charge is 0.433 e. The topological polar surface area (TPSA) is 133 Å². The maximum atomic E-state index is 14.0. The maximum absolute atomic E-state index is 14.0. The molecule has 0 aliphatic carbocycles. The van der Waals surface area contributed by atoms with Crippen LogP contribution in [0.4, 0.5) is 32.0 Å². The third kappa shape index (κ3) is 4.94. The van der Waals surface area contributed by atoms with Crippen LogP contribution in [-0.2, 0) is 19.4 Å². The lowest BCUT2D eigenvalue weighted by Gasteiger charge is -2.12. The van der Waals surface area contributed by atoms with Gasteiger partial charge in [0.15, 0.2) is 17.0 Å². The molecule has 0 saturated carbocycles. The number of halogens is 6. The molecule has 0 saturated heterocycles. The van der Waals surface area contributed by atoms with Gasteiger partial charge in [-0.1, -0.05) is 6.07 Å². The number of nitrogens with zero attached hydrogens (tertiary/aromatic N) is 6. The number of amides is 2. The van der Waals surface area contributed by atoms with Crippen LogP contribution < -0.4 is 11.1 Å². The second kappa shape index (κ2) is 10.1. The molecular weight excluding hydrogens is 634 g/mol. The highest BCUT2D eigenvalue weighted by Gasteiger charge is 2.37. The summed E-state index contributed by atoms with van der Waals surface area (Å²) in [4.78, 5) is 33.6. The Kier molecular flexibility index (Phi) is 6.73. The van der Waals surface area contributed by atoms with Crippen molar-refractivity contribution in [2.24, 2.45) is 12.8 Å². The van der Waals surface area contributed by atoms with Gasteiger partial charge in [0.05, 0.1) is 22.5 Å². The number of aromatic nitrogens is 6. The third-order valence-electron chi connectivity index (χ3n) is 6.66. The smallest absolute Gasteiger partial charge is 0.365 e. The number of alkyl halides is 6. The number of carbonyl (C=O) groups is 2. The predicted molar refractivity (Wildman–Crippen MR) is 149 cm³/mol. The number of anilines is 1. The van der Waals surface area contributed by atoms with E-state index < -0.39 is 41.2 Å². The molecule has 18 heteroatoms. The summed E-state index contributed by atoms with van der Waals surface area (Å²) < 4.78 is 85.3. The van der Waals surface area contributed by atoms with Crippen LogP contribution in [0.2, 0.25) is 0 Å². The van der Waals surface area contributed by atoms with E-state index in [4.69, 9.17) is 5.73 Å². The lowest BCUT2D eigenvalue weighted by molar-refractivity contribution is -0.143. The Bertz CT molecular complexity index is 2110. The van der Waals surface area contributed by atoms with E-state index in [2.05, 4.69) is 25.5 Å². The van der Waals surface area contributed by atoms with Gasteiger partial charge in [0, 0.05) is 29.8 Å². The van der Waals surface area contributed by atoms with Crippen molar-refractivity contribution in [3.05, 3.63) is 69.6 Å². The number of hydrogen-bond donors (Lipinski definition) is 2. The van der Waals surface area contributed by atoms with Gasteiger partial charge in [-0.25, -0.2) is 14.5 Å². The normalized spacial score (nSPS) is 12.4. The standard InChI is InChI=1S/C26H16F6N8O2S2/c1-10-12(9-34-39(10)2)11-6-16(25(27,28)29)36-24-19(11)20(21(44-24)22(33)41)37-23(42)14-8-18-35-13(15-4-3-5-43-15)7-17(26(30,31)32)40(18)38-14/h3-9H,1-2H3,(H2,33,41)(H,37,42). The summed E-state index contributed by atoms with van der Waals surface area (Å²) in [6, 6.07) is 5.81. The zero-order chi connectivity index (χ0) is 31.7. The number of rotatable bonds is 5. The van der Waals surface area contributed by atoms with Crippen LogP contribution in [0.1, 0.15) is 37.2 Å². The average Bonchev–Trinajstić information content (AvgIpc) is 3.73. The van der Waals surface area contributed by atoms with E-state index in [1.54, 1.807) is 31.5 Å². The van der Waals surface area contributed by atoms with E-state index in [9.17, 15) is 35.9 Å². The predicted octanol–water partition coefficient (Wildman–Crippen LogP) is 6.17. The molecule has 0 unspecified atom stereocenters. The van der Waals surface area contributed by atoms with Gasteiger partial charge in [0.25, 0.3) is 11.8 Å². The Morgan fingerprint density at radius 3 is 2.36 bits per heavy atom. The fraction of sp³-hybridized carbons (Fsp3) is 0.154. The number of hydrogen-bond acceptors (Lipinski definition) is 8. The number of nitrogens with two attached hydrogens (primary N) is 1. The van der Waals surface area contributed by atoms with Crippen LogP contribution in [-0.4, -0.2) is 41.2 Å². The number of pyridine rings is 1. The van der Waals surface area contributed by atoms with Crippen LogP contribution in [0.25, 0.3) is 37.6 Å². The Morgan fingerprint density at radius 1 is 1.02 bits per heavy atom. The van der Waals surface area contributed by atoms with Crippen molar-refractivity contribution in [2.75, 3.05) is 5.32 Å². The highest BCUT2D eigenvalue weighted by atomic mass is 32.1. The van der Waals surface area contributed by atoms with E-state index in [1.807, 2.05) is 0 Å². The molecule has 6 heterocycles. The fourth-order valence-electron chi connectivity index (χ4n) is 4.53. The second-order valence-corrected chi connectivity index (χ2v) is 11.4. The van der Waals surface area contributed by atoms with Gasteiger partial charge in [-0.3, -0.25) is 14.3 Å². The highest BCUT2D eigenvalue weighted by molar-refractivity contribution is 7.21. The molecular formula is C26H16F6N8O2S2. The van der Waals surface area contributed by atoms with Gasteiger partial charge < -0.3 is 11.1 Å². The number of carbonyl (C=O) groups excluding carboxylic acids is 2. The molecule has 0 bridgehead atoms. The molecule has 0 aliphatic rings. The van der Waals surface area contributed by atoms with Crippen LogP contribution in [0, 0.1) is 6.92 Å². The molecule has 0 aromatic carbocycles. The van der Waals surface area contributed by atoms with Crippen LogP contribution in [0.3, 0.4) is 0 Å². The van der Waals surface area contributed by atoms with Crippen molar-refractivity contribution in [1.82, 2.24) is 29.4 Å². The molecule has 6 rings (SSSR count). The summed E-state index contributed by atoms with van der Waals surface area (Å²) in [7, 11) is 1.57. The lowest BCUT2D eigenvalue weighted by Crippen LogP contribution is -2.18. The van der Waals surface area contributed by atoms with Gasteiger partial charge in [0.2, 0.25) is 0 Å². The van der Waals surface area contributed by atoms with Crippen molar-refractivity contribution in [2.45, 2.75) is 19.3 Å². The number of fused-ring (bicyclic) bond motifs is 2. The quantitative estimate of drug-likeness (QED) is 0.215. The first kappa shape index (κ1) is 29.2. The molecule has 226 valence electrons. The summed E-state index contributed by atoms with van der Waals surface area (Å²) in [6.07, 6.45) is -8.41. The molecule has 0 aliphatic heterocycles. The first-order chi connectivity index (χ1) is 20.6. The molecule has 3 N–H and O–H groups in total. The minimum Gasteiger partial charge on any atom is -0.365 e. The van der Waals surface area contributed by atoms with Gasteiger partial charge in [-0.2, -0.15) is 36.5 Å². The van der Waals surface area contributed by atoms with Crippen molar-refractivity contribution in [3.8, 4) is 21.7 Å². The van der Waals surface area contributed by atoms with E-state index in [-0.39, 0.29) is 43.2 Å². The van der Waals surface area contributed by atoms with Crippen LogP contribution in [0.5, 0.6) is 0 Å². The molecule has 10 nitrogen and oxygen atoms in total. The number of thiophene rings is 2. The van der Waals surface area contributed by atoms with Gasteiger partial charge in [0.1, 0.15) is 15.4 Å². The van der Waals surface area contributed by atoms with Gasteiger partial charge in [-0.15, -0.1) is 22.7 Å². The molecule has 0 fully saturated rings. The first-order valence-corrected chi connectivity index (χ1v) is 14.0. The molecule has 0 radical (unpaired) electrons. The average molecular weight is 651 g/mol. The Morgan fingerprint density at radius 2 is 1.77 bits per heavy atom. The van der Waals surface area contributed by atoms with E-state index in [0.29, 0.717) is 26.4 Å². The van der Waals surface area contributed by atoms with Crippen LogP contribution >= 0.6 is 22.7 Å². The summed E-state index contributed by atoms with van der Waals surface area (Å²) in [5, 5.41) is 11.9. The third-order valence-corrected chi connectivity index (χ3v) is 8.65. The summed E-state index contributed by atoms with van der Waals surface area (Å²) in [5.41, 5.74) is 2.67. The summed E-state index contributed by atoms with van der Waals surface area (Å²) in [6.45, 7) is 1.60. The Labute approximate surface area is 249 Å². The zero-order valence-electron chi connectivity index (χ0n) is 22.2. The minimum absolute atomic E-state index is 0.00884. The monoisotopic (exact) mass is 650 g/mol. The molecule has 2 amide bonds. The van der Waals surface area contributed by atoms with Gasteiger partial charge in [-0.05, 0) is 36.1 Å². The highest BCUT2D eigenvalue weighted by Crippen LogP contribution is 2.44. The second-order valence-electron chi connectivity index (χ2n) is 9.43. The Hall–Kier alpha value is -4.84. The van der Waals surface area contributed by atoms with E-state index in [0.717, 1.165) is 18.2 Å². The van der Waals surface area contributed by atoms with Gasteiger partial charge >= 0.3 is 12.4 Å². The fourth-order valence-corrected chi connectivity index (χ4v) is 6.22. The minimum atomic E-state index is -4.87. The van der Waals surface area contributed by atoms with Crippen molar-refractivity contribution >= 4 is 56.0 Å². The lowest BCUT2D eigenvalue weighted by atomic mass is 10.0. The van der Waals surface area contributed by atoms with Crippen LogP contribution in [0.15, 0.2) is 41.9 Å². The number of aryl methyl sites for hydroxylation is 1. The Balaban J connectivity index is 1.52. The maximum Gasteiger partial charge on any atom is 0.433 e. The molecule has 6 aromatic rings. The summed E-state index contributed by atoms with van der Waals surface area (Å²) in [5.74, 6) is -2.15. The number of primary amides is 1. The molecule has 6 aromatic heterocycles. The molecule has 44 heavy (non-hydrogen) atoms. The summed E-state index contributed by atoms with van der Waals surface area (Å²) >= 11 is 1.68. The first-order valence-electron chi connectivity index (χ1n) is 12.3.